The number of benzene rings is 8. The van der Waals surface area contributed by atoms with Crippen LogP contribution in [-0.4, -0.2) is 9.13 Å². The van der Waals surface area contributed by atoms with Crippen molar-refractivity contribution in [3.05, 3.63) is 220 Å². The van der Waals surface area contributed by atoms with Crippen molar-refractivity contribution in [1.82, 2.24) is 9.13 Å². The summed E-state index contributed by atoms with van der Waals surface area (Å²) < 4.78 is 4.81. The summed E-state index contributed by atoms with van der Waals surface area (Å²) in [5.41, 5.74) is 12.1. The Morgan fingerprint density at radius 1 is 0.352 bits per heavy atom. The lowest BCUT2D eigenvalue weighted by molar-refractivity contribution is 1.18. The summed E-state index contributed by atoms with van der Waals surface area (Å²) in [4.78, 5) is 0. The van der Waals surface area contributed by atoms with E-state index in [4.69, 9.17) is 0 Å². The smallest absolute Gasteiger partial charge is 0.0541 e. The molecule has 10 rings (SSSR count). The van der Waals surface area contributed by atoms with Crippen molar-refractivity contribution in [1.29, 1.82) is 0 Å². The lowest BCUT2D eigenvalue weighted by atomic mass is 9.99. The summed E-state index contributed by atoms with van der Waals surface area (Å²) >= 11 is 0. The summed E-state index contributed by atoms with van der Waals surface area (Å²) in [6, 6.07) is 66.2. The van der Waals surface area contributed by atoms with Gasteiger partial charge in [-0.1, -0.05) is 147 Å². The number of rotatable bonds is 5. The number of allylic oxidation sites excluding steroid dienone is 2. The standard InChI is InChI=1S/C46H30N2.C4H6.C2H4/c1-2-14-36(15-3-1)47-43-20-10-7-17-38(43)40-29-33(24-26-45(40)47)34-25-27-46-41(30-34)39-18-8-11-21-44(39)48(46)42-19-9-6-16-37(42)35-23-22-31-12-4-5-13-32(31)28-35;1-3-4-2;1-2/h1-30H;3-4H,1-2H2;1-2H2. The van der Waals surface area contributed by atoms with Gasteiger partial charge in [-0.15, -0.1) is 13.2 Å². The average molecular weight is 693 g/mol. The van der Waals surface area contributed by atoms with Crippen LogP contribution >= 0.6 is 0 Å². The molecule has 2 nitrogen and oxygen atoms in total. The second kappa shape index (κ2) is 14.8. The van der Waals surface area contributed by atoms with E-state index in [1.165, 1.54) is 88.0 Å². The van der Waals surface area contributed by atoms with Gasteiger partial charge in [0.05, 0.1) is 27.8 Å². The largest absolute Gasteiger partial charge is 0.309 e. The van der Waals surface area contributed by atoms with Crippen molar-refractivity contribution < 1.29 is 0 Å². The van der Waals surface area contributed by atoms with Crippen LogP contribution in [0.5, 0.6) is 0 Å². The molecule has 0 aliphatic rings. The summed E-state index contributed by atoms with van der Waals surface area (Å²) in [6.45, 7) is 12.7. The molecular formula is C52H40N2. The van der Waals surface area contributed by atoms with E-state index in [9.17, 15) is 0 Å². The van der Waals surface area contributed by atoms with Crippen LogP contribution in [0.2, 0.25) is 0 Å². The topological polar surface area (TPSA) is 9.86 Å². The van der Waals surface area contributed by atoms with Crippen LogP contribution in [0.25, 0.3) is 88.0 Å². The molecule has 54 heavy (non-hydrogen) atoms. The second-order valence-electron chi connectivity index (χ2n) is 13.1. The van der Waals surface area contributed by atoms with Crippen molar-refractivity contribution in [3.8, 4) is 33.6 Å². The van der Waals surface area contributed by atoms with Gasteiger partial charge in [0.1, 0.15) is 0 Å². The van der Waals surface area contributed by atoms with Crippen LogP contribution in [0.15, 0.2) is 220 Å². The molecule has 2 heteroatoms. The van der Waals surface area contributed by atoms with E-state index >= 15 is 0 Å². The molecule has 10 aromatic rings. The first kappa shape index (κ1) is 34.0. The number of hydrogen-bond acceptors (Lipinski definition) is 0. The molecule has 0 radical (unpaired) electrons. The molecule has 0 fully saturated rings. The average Bonchev–Trinajstić information content (AvgIpc) is 3.77. The normalized spacial score (nSPS) is 10.9. The first-order valence-corrected chi connectivity index (χ1v) is 18.2. The third-order valence-electron chi connectivity index (χ3n) is 10.1. The third-order valence-corrected chi connectivity index (χ3v) is 10.1. The highest BCUT2D eigenvalue weighted by Crippen LogP contribution is 2.40. The van der Waals surface area contributed by atoms with Crippen molar-refractivity contribution in [3.63, 3.8) is 0 Å². The molecule has 258 valence electrons. The molecule has 0 atom stereocenters. The summed E-state index contributed by atoms with van der Waals surface area (Å²) in [6.07, 6.45) is 3.28. The van der Waals surface area contributed by atoms with Gasteiger partial charge in [0.2, 0.25) is 0 Å². The highest BCUT2D eigenvalue weighted by atomic mass is 15.0. The fourth-order valence-corrected chi connectivity index (χ4v) is 7.69. The fraction of sp³-hybridized carbons (Fsp3) is 0. The highest BCUT2D eigenvalue weighted by Gasteiger charge is 2.17. The number of nitrogens with zero attached hydrogens (tertiary/aromatic N) is 2. The van der Waals surface area contributed by atoms with Gasteiger partial charge in [0.15, 0.2) is 0 Å². The van der Waals surface area contributed by atoms with Crippen LogP contribution in [0.4, 0.5) is 0 Å². The van der Waals surface area contributed by atoms with Gasteiger partial charge in [-0.3, -0.25) is 0 Å². The van der Waals surface area contributed by atoms with Crippen LogP contribution in [-0.2, 0) is 0 Å². The predicted molar refractivity (Wildman–Crippen MR) is 235 cm³/mol. The van der Waals surface area contributed by atoms with Gasteiger partial charge in [-0.2, -0.15) is 0 Å². The second-order valence-corrected chi connectivity index (χ2v) is 13.1. The molecular weight excluding hydrogens is 653 g/mol. The zero-order chi connectivity index (χ0) is 37.0. The van der Waals surface area contributed by atoms with E-state index in [0.29, 0.717) is 0 Å². The van der Waals surface area contributed by atoms with Crippen molar-refractivity contribution in [2.45, 2.75) is 0 Å². The molecule has 0 saturated carbocycles. The van der Waals surface area contributed by atoms with E-state index in [0.717, 1.165) is 0 Å². The SMILES string of the molecule is C=C.C=CC=C.c1ccc(-n2c3ccccc3c3cc(-c4ccc5c(c4)c4ccccc4n5-c4ccccc4-c4ccc5ccccc5c4)ccc32)cc1. The molecule has 0 bridgehead atoms. The van der Waals surface area contributed by atoms with Crippen LogP contribution < -0.4 is 0 Å². The first-order valence-electron chi connectivity index (χ1n) is 18.2. The van der Waals surface area contributed by atoms with Crippen LogP contribution in [0.3, 0.4) is 0 Å². The van der Waals surface area contributed by atoms with E-state index < -0.39 is 0 Å². The summed E-state index contributed by atoms with van der Waals surface area (Å²) in [5, 5.41) is 7.54. The lowest BCUT2D eigenvalue weighted by Crippen LogP contribution is -1.97. The van der Waals surface area contributed by atoms with E-state index in [1.807, 2.05) is 0 Å². The zero-order valence-electron chi connectivity index (χ0n) is 30.2. The maximum atomic E-state index is 3.36. The highest BCUT2D eigenvalue weighted by molar-refractivity contribution is 6.13. The van der Waals surface area contributed by atoms with Crippen molar-refractivity contribution in [2.75, 3.05) is 0 Å². The quantitative estimate of drug-likeness (QED) is 0.126. The summed E-state index contributed by atoms with van der Waals surface area (Å²) in [5.74, 6) is 0. The van der Waals surface area contributed by atoms with Gasteiger partial charge in [0, 0.05) is 32.8 Å². The van der Waals surface area contributed by atoms with Crippen LogP contribution in [0.1, 0.15) is 0 Å². The van der Waals surface area contributed by atoms with E-state index in [2.05, 4.69) is 217 Å². The number of para-hydroxylation sites is 4. The zero-order valence-corrected chi connectivity index (χ0v) is 30.2. The molecule has 0 spiro atoms. The molecule has 0 N–H and O–H groups in total. The van der Waals surface area contributed by atoms with Crippen molar-refractivity contribution >= 4 is 54.4 Å². The van der Waals surface area contributed by atoms with E-state index in [-0.39, 0.29) is 0 Å². The Morgan fingerprint density at radius 3 is 1.48 bits per heavy atom. The summed E-state index contributed by atoms with van der Waals surface area (Å²) in [7, 11) is 0. The molecule has 2 heterocycles. The van der Waals surface area contributed by atoms with Gasteiger partial charge in [0.25, 0.3) is 0 Å². The maximum absolute atomic E-state index is 3.36. The molecule has 0 unspecified atom stereocenters. The Hall–Kier alpha value is -7.16. The molecule has 0 aliphatic carbocycles. The lowest BCUT2D eigenvalue weighted by Gasteiger charge is -2.15. The first-order chi connectivity index (χ1) is 26.7. The molecule has 0 aliphatic heterocycles. The third kappa shape index (κ3) is 5.90. The minimum Gasteiger partial charge on any atom is -0.309 e. The van der Waals surface area contributed by atoms with Gasteiger partial charge in [-0.05, 0) is 88.1 Å². The van der Waals surface area contributed by atoms with E-state index in [1.54, 1.807) is 12.2 Å². The Morgan fingerprint density at radius 2 is 0.833 bits per heavy atom. The van der Waals surface area contributed by atoms with Gasteiger partial charge >= 0.3 is 0 Å². The molecule has 2 aromatic heterocycles. The minimum atomic E-state index is 1.18. The monoisotopic (exact) mass is 692 g/mol. The molecule has 0 amide bonds. The Bertz CT molecular complexity index is 2950. The fourth-order valence-electron chi connectivity index (χ4n) is 7.69. The van der Waals surface area contributed by atoms with Gasteiger partial charge in [-0.25, -0.2) is 0 Å². The molecule has 0 saturated heterocycles. The number of fused-ring (bicyclic) bond motifs is 7. The minimum absolute atomic E-state index is 1.18. The van der Waals surface area contributed by atoms with Crippen LogP contribution in [0, 0.1) is 0 Å². The number of aromatic nitrogens is 2. The Kier molecular flexibility index (Phi) is 9.32. The predicted octanol–water partition coefficient (Wildman–Crippen LogP) is 14.5. The van der Waals surface area contributed by atoms with Gasteiger partial charge < -0.3 is 9.13 Å². The Balaban J connectivity index is 0.000000649. The maximum Gasteiger partial charge on any atom is 0.0541 e. The Labute approximate surface area is 316 Å². The number of hydrogen-bond donors (Lipinski definition) is 0. The molecule has 8 aromatic carbocycles. The van der Waals surface area contributed by atoms with Crippen molar-refractivity contribution in [2.24, 2.45) is 0 Å².